The van der Waals surface area contributed by atoms with Crippen molar-refractivity contribution in [2.45, 2.75) is 46.0 Å². The summed E-state index contributed by atoms with van der Waals surface area (Å²) in [5.41, 5.74) is 2.25. The fourth-order valence-electron chi connectivity index (χ4n) is 2.69. The number of rotatable bonds is 6. The van der Waals surface area contributed by atoms with E-state index in [1.807, 2.05) is 18.2 Å². The molecular formula is C17H25NO2. The molecule has 0 saturated heterocycles. The molecule has 1 unspecified atom stereocenters. The lowest BCUT2D eigenvalue weighted by atomic mass is 10.0. The number of fused-ring (bicyclic) bond motifs is 1. The predicted molar refractivity (Wildman–Crippen MR) is 82.1 cm³/mol. The Morgan fingerprint density at radius 2 is 2.15 bits per heavy atom. The molecule has 3 nitrogen and oxygen atoms in total. The van der Waals surface area contributed by atoms with Crippen LogP contribution in [0.15, 0.2) is 24.3 Å². The van der Waals surface area contributed by atoms with E-state index in [2.05, 4.69) is 19.9 Å². The summed E-state index contributed by atoms with van der Waals surface area (Å²) in [4.78, 5) is 14.0. The van der Waals surface area contributed by atoms with Gasteiger partial charge in [0, 0.05) is 6.54 Å². The lowest BCUT2D eigenvalue weighted by Gasteiger charge is -2.20. The molecule has 0 radical (unpaired) electrons. The van der Waals surface area contributed by atoms with Crippen LogP contribution in [0.1, 0.15) is 45.1 Å². The van der Waals surface area contributed by atoms with E-state index < -0.39 is 0 Å². The van der Waals surface area contributed by atoms with Crippen LogP contribution in [0.4, 0.5) is 10.5 Å². The normalized spacial score (nSPS) is 15.0. The smallest absolute Gasteiger partial charge is 0.414 e. The Balaban J connectivity index is 1.87. The summed E-state index contributed by atoms with van der Waals surface area (Å²) < 4.78 is 5.52. The molecule has 1 atom stereocenters. The Morgan fingerprint density at radius 3 is 2.90 bits per heavy atom. The second kappa shape index (κ2) is 7.32. The van der Waals surface area contributed by atoms with Gasteiger partial charge in [-0.1, -0.05) is 51.3 Å². The van der Waals surface area contributed by atoms with Crippen molar-refractivity contribution in [2.24, 2.45) is 5.92 Å². The van der Waals surface area contributed by atoms with Crippen LogP contribution in [-0.2, 0) is 11.2 Å². The number of carbonyl (C=O) groups excluding carboxylic acids is 1. The van der Waals surface area contributed by atoms with Crippen LogP contribution in [0.2, 0.25) is 0 Å². The largest absolute Gasteiger partial charge is 0.449 e. The molecule has 1 aliphatic heterocycles. The van der Waals surface area contributed by atoms with Crippen LogP contribution in [0.5, 0.6) is 0 Å². The monoisotopic (exact) mass is 275 g/mol. The number of carbonyl (C=O) groups is 1. The quantitative estimate of drug-likeness (QED) is 0.770. The van der Waals surface area contributed by atoms with Crippen molar-refractivity contribution in [2.75, 3.05) is 18.1 Å². The fourth-order valence-corrected chi connectivity index (χ4v) is 2.69. The van der Waals surface area contributed by atoms with Crippen molar-refractivity contribution in [3.8, 4) is 0 Å². The molecule has 0 spiro atoms. The number of benzene rings is 1. The molecule has 0 N–H and O–H groups in total. The topological polar surface area (TPSA) is 29.5 Å². The van der Waals surface area contributed by atoms with Gasteiger partial charge in [0.25, 0.3) is 0 Å². The van der Waals surface area contributed by atoms with Gasteiger partial charge in [0.2, 0.25) is 0 Å². The first-order valence-corrected chi connectivity index (χ1v) is 7.78. The van der Waals surface area contributed by atoms with E-state index in [0.29, 0.717) is 12.5 Å². The predicted octanol–water partition coefficient (Wildman–Crippen LogP) is 4.40. The maximum atomic E-state index is 12.2. The van der Waals surface area contributed by atoms with Gasteiger partial charge in [0.1, 0.15) is 0 Å². The van der Waals surface area contributed by atoms with E-state index in [1.54, 1.807) is 4.90 Å². The Bertz CT molecular complexity index is 444. The van der Waals surface area contributed by atoms with Crippen molar-refractivity contribution >= 4 is 11.8 Å². The van der Waals surface area contributed by atoms with Crippen LogP contribution >= 0.6 is 0 Å². The van der Waals surface area contributed by atoms with Crippen LogP contribution in [0, 0.1) is 5.92 Å². The van der Waals surface area contributed by atoms with Crippen molar-refractivity contribution in [1.29, 1.82) is 0 Å². The third-order valence-corrected chi connectivity index (χ3v) is 4.09. The first-order chi connectivity index (χ1) is 9.76. The summed E-state index contributed by atoms with van der Waals surface area (Å²) in [5.74, 6) is 0.497. The van der Waals surface area contributed by atoms with Crippen molar-refractivity contribution in [1.82, 2.24) is 0 Å². The van der Waals surface area contributed by atoms with Gasteiger partial charge in [-0.05, 0) is 30.4 Å². The Hall–Kier alpha value is -1.51. The van der Waals surface area contributed by atoms with Gasteiger partial charge in [0.05, 0.1) is 12.3 Å². The highest BCUT2D eigenvalue weighted by Gasteiger charge is 2.25. The number of nitrogens with zero attached hydrogens (tertiary/aromatic N) is 1. The third-order valence-electron chi connectivity index (χ3n) is 4.09. The number of para-hydroxylation sites is 1. The minimum absolute atomic E-state index is 0.190. The van der Waals surface area contributed by atoms with Gasteiger partial charge in [0.15, 0.2) is 0 Å². The van der Waals surface area contributed by atoms with Gasteiger partial charge in [-0.15, -0.1) is 0 Å². The minimum atomic E-state index is -0.190. The molecule has 0 fully saturated rings. The number of hydrogen-bond donors (Lipinski definition) is 0. The summed E-state index contributed by atoms with van der Waals surface area (Å²) in [6.07, 6.45) is 5.37. The van der Waals surface area contributed by atoms with E-state index >= 15 is 0 Å². The summed E-state index contributed by atoms with van der Waals surface area (Å²) in [5, 5.41) is 0. The molecule has 0 aliphatic carbocycles. The number of amides is 1. The summed E-state index contributed by atoms with van der Waals surface area (Å²) >= 11 is 0. The standard InChI is InChI=1S/C17H25NO2/c1-3-5-8-14(4-2)13-20-17(19)18-12-11-15-9-6-7-10-16(15)18/h6-7,9-10,14H,3-5,8,11-13H2,1-2H3. The van der Waals surface area contributed by atoms with Gasteiger partial charge >= 0.3 is 6.09 Å². The highest BCUT2D eigenvalue weighted by molar-refractivity contribution is 5.90. The fraction of sp³-hybridized carbons (Fsp3) is 0.588. The summed E-state index contributed by atoms with van der Waals surface area (Å²) in [6.45, 7) is 5.65. The maximum Gasteiger partial charge on any atom is 0.414 e. The lowest BCUT2D eigenvalue weighted by Crippen LogP contribution is -2.31. The Morgan fingerprint density at radius 1 is 1.35 bits per heavy atom. The molecule has 20 heavy (non-hydrogen) atoms. The molecule has 1 amide bonds. The summed E-state index contributed by atoms with van der Waals surface area (Å²) in [7, 11) is 0. The van der Waals surface area contributed by atoms with E-state index in [-0.39, 0.29) is 6.09 Å². The second-order valence-electron chi connectivity index (χ2n) is 5.52. The van der Waals surface area contributed by atoms with E-state index in [0.717, 1.165) is 31.5 Å². The molecular weight excluding hydrogens is 250 g/mol. The Labute approximate surface area is 121 Å². The van der Waals surface area contributed by atoms with Gasteiger partial charge < -0.3 is 4.74 Å². The zero-order valence-corrected chi connectivity index (χ0v) is 12.6. The first-order valence-electron chi connectivity index (χ1n) is 7.78. The van der Waals surface area contributed by atoms with Crippen LogP contribution in [0.25, 0.3) is 0 Å². The van der Waals surface area contributed by atoms with Gasteiger partial charge in [-0.25, -0.2) is 4.79 Å². The molecule has 3 heteroatoms. The van der Waals surface area contributed by atoms with E-state index in [4.69, 9.17) is 4.74 Å². The Kier molecular flexibility index (Phi) is 5.45. The average molecular weight is 275 g/mol. The molecule has 0 bridgehead atoms. The van der Waals surface area contributed by atoms with Crippen molar-refractivity contribution in [3.63, 3.8) is 0 Å². The third kappa shape index (κ3) is 3.53. The van der Waals surface area contributed by atoms with Gasteiger partial charge in [-0.3, -0.25) is 4.90 Å². The van der Waals surface area contributed by atoms with Crippen molar-refractivity contribution in [3.05, 3.63) is 29.8 Å². The highest BCUT2D eigenvalue weighted by Crippen LogP contribution is 2.28. The number of hydrogen-bond acceptors (Lipinski definition) is 2. The van der Waals surface area contributed by atoms with E-state index in [1.165, 1.54) is 18.4 Å². The molecule has 2 rings (SSSR count). The first kappa shape index (κ1) is 14.9. The van der Waals surface area contributed by atoms with Crippen molar-refractivity contribution < 1.29 is 9.53 Å². The zero-order valence-electron chi connectivity index (χ0n) is 12.6. The van der Waals surface area contributed by atoms with Crippen LogP contribution < -0.4 is 4.90 Å². The number of anilines is 1. The average Bonchev–Trinajstić information content (AvgIpc) is 2.91. The SMILES string of the molecule is CCCCC(CC)COC(=O)N1CCc2ccccc21. The number of unbranched alkanes of at least 4 members (excludes halogenated alkanes) is 1. The summed E-state index contributed by atoms with van der Waals surface area (Å²) in [6, 6.07) is 8.07. The minimum Gasteiger partial charge on any atom is -0.449 e. The molecule has 1 aromatic carbocycles. The molecule has 0 saturated carbocycles. The van der Waals surface area contributed by atoms with Gasteiger partial charge in [-0.2, -0.15) is 0 Å². The van der Waals surface area contributed by atoms with E-state index in [9.17, 15) is 4.79 Å². The highest BCUT2D eigenvalue weighted by atomic mass is 16.6. The molecule has 110 valence electrons. The molecule has 1 heterocycles. The number of ether oxygens (including phenoxy) is 1. The zero-order chi connectivity index (χ0) is 14.4. The molecule has 1 aliphatic rings. The molecule has 0 aromatic heterocycles. The molecule has 1 aromatic rings. The van der Waals surface area contributed by atoms with Crippen LogP contribution in [-0.4, -0.2) is 19.2 Å². The van der Waals surface area contributed by atoms with Crippen LogP contribution in [0.3, 0.4) is 0 Å². The maximum absolute atomic E-state index is 12.2. The second-order valence-corrected chi connectivity index (χ2v) is 5.52. The lowest BCUT2D eigenvalue weighted by molar-refractivity contribution is 0.129.